The van der Waals surface area contributed by atoms with Crippen molar-refractivity contribution in [3.8, 4) is 0 Å². The van der Waals surface area contributed by atoms with Crippen LogP contribution in [0.5, 0.6) is 0 Å². The van der Waals surface area contributed by atoms with Crippen LogP contribution >= 0.6 is 0 Å². The maximum atomic E-state index is 5.01. The zero-order chi connectivity index (χ0) is 31.8. The standard InChI is InChI=1S/C42H82N2/c1-5-8-11-14-17-19-20-21-22-23-24-26-28-31-34-37-41(36-33-30-16-13-10-7-3)42-43-38-39-44(42)40(4)35-32-29-27-25-18-15-12-9-6-2/h38-41H,5-37H2,1-4H3. The van der Waals surface area contributed by atoms with Gasteiger partial charge in [-0.15, -0.1) is 0 Å². The van der Waals surface area contributed by atoms with Crippen molar-refractivity contribution in [1.82, 2.24) is 9.55 Å². The molecule has 2 atom stereocenters. The molecule has 2 nitrogen and oxygen atoms in total. The summed E-state index contributed by atoms with van der Waals surface area (Å²) < 4.78 is 2.58. The maximum absolute atomic E-state index is 5.01. The van der Waals surface area contributed by atoms with Crippen molar-refractivity contribution < 1.29 is 0 Å². The Morgan fingerprint density at radius 1 is 0.432 bits per heavy atom. The van der Waals surface area contributed by atoms with Gasteiger partial charge >= 0.3 is 0 Å². The van der Waals surface area contributed by atoms with Crippen LogP contribution in [0.1, 0.15) is 257 Å². The van der Waals surface area contributed by atoms with Gasteiger partial charge in [-0.2, -0.15) is 0 Å². The van der Waals surface area contributed by atoms with Gasteiger partial charge in [-0.1, -0.05) is 213 Å². The van der Waals surface area contributed by atoms with Crippen molar-refractivity contribution in [2.75, 3.05) is 0 Å². The Labute approximate surface area is 278 Å². The van der Waals surface area contributed by atoms with Crippen molar-refractivity contribution in [3.05, 3.63) is 18.2 Å². The minimum Gasteiger partial charge on any atom is -0.332 e. The molecule has 44 heavy (non-hydrogen) atoms. The van der Waals surface area contributed by atoms with Crippen molar-refractivity contribution in [2.24, 2.45) is 0 Å². The third kappa shape index (κ3) is 23.5. The van der Waals surface area contributed by atoms with E-state index in [4.69, 9.17) is 4.98 Å². The molecular weight excluding hydrogens is 532 g/mol. The van der Waals surface area contributed by atoms with Crippen LogP contribution in [-0.2, 0) is 0 Å². The fourth-order valence-electron chi connectivity index (χ4n) is 7.24. The van der Waals surface area contributed by atoms with E-state index in [1.54, 1.807) is 0 Å². The van der Waals surface area contributed by atoms with Gasteiger partial charge in [-0.3, -0.25) is 0 Å². The second-order valence-electron chi connectivity index (χ2n) is 14.7. The average molecular weight is 615 g/mol. The van der Waals surface area contributed by atoms with Gasteiger partial charge in [0, 0.05) is 24.4 Å². The van der Waals surface area contributed by atoms with Gasteiger partial charge in [0.15, 0.2) is 0 Å². The largest absolute Gasteiger partial charge is 0.332 e. The molecule has 0 aliphatic carbocycles. The maximum Gasteiger partial charge on any atom is 0.111 e. The van der Waals surface area contributed by atoms with Crippen LogP contribution in [0.3, 0.4) is 0 Å². The van der Waals surface area contributed by atoms with Crippen molar-refractivity contribution >= 4 is 0 Å². The third-order valence-corrected chi connectivity index (χ3v) is 10.3. The van der Waals surface area contributed by atoms with Crippen LogP contribution in [0.2, 0.25) is 0 Å². The Kier molecular flexibility index (Phi) is 30.1. The minimum atomic E-state index is 0.588. The second-order valence-corrected chi connectivity index (χ2v) is 14.7. The topological polar surface area (TPSA) is 17.8 Å². The zero-order valence-corrected chi connectivity index (χ0v) is 31.0. The first-order valence-corrected chi connectivity index (χ1v) is 20.8. The molecule has 1 heterocycles. The normalized spacial score (nSPS) is 13.1. The number of imidazole rings is 1. The highest BCUT2D eigenvalue weighted by Crippen LogP contribution is 2.31. The Morgan fingerprint density at radius 2 is 0.727 bits per heavy atom. The molecule has 1 aromatic heterocycles. The van der Waals surface area contributed by atoms with Crippen LogP contribution in [-0.4, -0.2) is 9.55 Å². The predicted molar refractivity (Wildman–Crippen MR) is 199 cm³/mol. The van der Waals surface area contributed by atoms with Gasteiger partial charge in [-0.05, 0) is 26.2 Å². The van der Waals surface area contributed by atoms with Crippen molar-refractivity contribution in [3.63, 3.8) is 0 Å². The van der Waals surface area contributed by atoms with E-state index >= 15 is 0 Å². The van der Waals surface area contributed by atoms with E-state index in [1.165, 1.54) is 218 Å². The highest BCUT2D eigenvalue weighted by Gasteiger charge is 2.19. The molecule has 0 radical (unpaired) electrons. The lowest BCUT2D eigenvalue weighted by molar-refractivity contribution is 0.412. The van der Waals surface area contributed by atoms with Gasteiger partial charge in [0.2, 0.25) is 0 Å². The highest BCUT2D eigenvalue weighted by molar-refractivity contribution is 5.02. The molecule has 0 aliphatic rings. The van der Waals surface area contributed by atoms with E-state index in [9.17, 15) is 0 Å². The van der Waals surface area contributed by atoms with Gasteiger partial charge in [0.1, 0.15) is 5.82 Å². The Morgan fingerprint density at radius 3 is 1.07 bits per heavy atom. The molecule has 0 aromatic carbocycles. The van der Waals surface area contributed by atoms with Crippen LogP contribution in [0.15, 0.2) is 12.4 Å². The monoisotopic (exact) mass is 615 g/mol. The summed E-state index contributed by atoms with van der Waals surface area (Å²) in [7, 11) is 0. The number of rotatable bonds is 35. The third-order valence-electron chi connectivity index (χ3n) is 10.3. The fraction of sp³-hybridized carbons (Fsp3) is 0.929. The Hall–Kier alpha value is -0.790. The van der Waals surface area contributed by atoms with E-state index < -0.39 is 0 Å². The van der Waals surface area contributed by atoms with E-state index in [2.05, 4.69) is 44.7 Å². The number of aromatic nitrogens is 2. The summed E-state index contributed by atoms with van der Waals surface area (Å²) in [5, 5.41) is 0. The lowest BCUT2D eigenvalue weighted by atomic mass is 9.92. The molecule has 0 aliphatic heterocycles. The molecule has 0 spiro atoms. The summed E-state index contributed by atoms with van der Waals surface area (Å²) in [6, 6.07) is 0.588. The summed E-state index contributed by atoms with van der Waals surface area (Å²) >= 11 is 0. The van der Waals surface area contributed by atoms with Gasteiger partial charge in [0.05, 0.1) is 0 Å². The summed E-state index contributed by atoms with van der Waals surface area (Å²) in [5.41, 5.74) is 0. The summed E-state index contributed by atoms with van der Waals surface area (Å²) in [5.74, 6) is 2.07. The highest BCUT2D eigenvalue weighted by atomic mass is 15.1. The summed E-state index contributed by atoms with van der Waals surface area (Å²) in [6.07, 6.45) is 51.2. The van der Waals surface area contributed by atoms with E-state index in [1.807, 2.05) is 0 Å². The molecule has 0 bridgehead atoms. The molecule has 0 saturated carbocycles. The summed E-state index contributed by atoms with van der Waals surface area (Å²) in [4.78, 5) is 5.01. The summed E-state index contributed by atoms with van der Waals surface area (Å²) in [6.45, 7) is 9.39. The SMILES string of the molecule is CCCCCCCCCCCCCCCCCC(CCCCCCCC)c1nccn1C(C)CCCCCCCCCCC. The molecule has 2 unspecified atom stereocenters. The smallest absolute Gasteiger partial charge is 0.111 e. The van der Waals surface area contributed by atoms with Crippen molar-refractivity contribution in [1.29, 1.82) is 0 Å². The first kappa shape index (κ1) is 41.2. The minimum absolute atomic E-state index is 0.588. The quantitative estimate of drug-likeness (QED) is 0.0695. The lowest BCUT2D eigenvalue weighted by Crippen LogP contribution is -2.13. The van der Waals surface area contributed by atoms with Gasteiger partial charge in [-0.25, -0.2) is 4.98 Å². The molecule has 1 aromatic rings. The second kappa shape index (κ2) is 32.2. The number of hydrogen-bond donors (Lipinski definition) is 0. The molecule has 0 fully saturated rings. The van der Waals surface area contributed by atoms with Gasteiger partial charge in [0.25, 0.3) is 0 Å². The molecule has 260 valence electrons. The molecule has 0 saturated heterocycles. The van der Waals surface area contributed by atoms with Crippen LogP contribution in [0, 0.1) is 0 Å². The van der Waals surface area contributed by atoms with E-state index in [0.29, 0.717) is 12.0 Å². The number of nitrogens with zero attached hydrogens (tertiary/aromatic N) is 2. The van der Waals surface area contributed by atoms with Crippen LogP contribution < -0.4 is 0 Å². The average Bonchev–Trinajstić information content (AvgIpc) is 3.53. The Balaban J connectivity index is 2.33. The lowest BCUT2D eigenvalue weighted by Gasteiger charge is -2.22. The van der Waals surface area contributed by atoms with E-state index in [0.717, 1.165) is 0 Å². The van der Waals surface area contributed by atoms with Gasteiger partial charge < -0.3 is 4.57 Å². The zero-order valence-electron chi connectivity index (χ0n) is 31.0. The van der Waals surface area contributed by atoms with Crippen LogP contribution in [0.4, 0.5) is 0 Å². The molecular formula is C42H82N2. The number of unbranched alkanes of at least 4 members (excludes halogenated alkanes) is 27. The van der Waals surface area contributed by atoms with E-state index in [-0.39, 0.29) is 0 Å². The number of hydrogen-bond acceptors (Lipinski definition) is 1. The Bertz CT molecular complexity index is 679. The first-order valence-electron chi connectivity index (χ1n) is 20.8. The molecule has 0 N–H and O–H groups in total. The first-order chi connectivity index (χ1) is 21.7. The molecule has 0 amide bonds. The predicted octanol–water partition coefficient (Wildman–Crippen LogP) is 15.5. The van der Waals surface area contributed by atoms with Crippen LogP contribution in [0.25, 0.3) is 0 Å². The molecule has 2 heteroatoms. The molecule has 1 rings (SSSR count). The van der Waals surface area contributed by atoms with Crippen molar-refractivity contribution in [2.45, 2.75) is 252 Å². The fourth-order valence-corrected chi connectivity index (χ4v) is 7.24.